The Morgan fingerprint density at radius 2 is 2.29 bits per heavy atom. The Morgan fingerprint density at radius 3 is 2.94 bits per heavy atom. The molecule has 1 N–H and O–H groups in total. The van der Waals surface area contributed by atoms with E-state index in [0.717, 1.165) is 23.3 Å². The van der Waals surface area contributed by atoms with Crippen LogP contribution in [0.3, 0.4) is 0 Å². The van der Waals surface area contributed by atoms with E-state index in [0.29, 0.717) is 13.0 Å². The average Bonchev–Trinajstić information content (AvgIpc) is 2.31. The van der Waals surface area contributed by atoms with Crippen LogP contribution < -0.4 is 4.74 Å². The van der Waals surface area contributed by atoms with Crippen molar-refractivity contribution in [3.05, 3.63) is 29.3 Å². The van der Waals surface area contributed by atoms with Crippen molar-refractivity contribution < 1.29 is 14.6 Å². The van der Waals surface area contributed by atoms with Gasteiger partial charge >= 0.3 is 0 Å². The molecule has 1 aliphatic heterocycles. The zero-order valence-corrected chi connectivity index (χ0v) is 10.7. The summed E-state index contributed by atoms with van der Waals surface area (Å²) in [5, 5.41) is 10.2. The molecule has 0 aromatic heterocycles. The van der Waals surface area contributed by atoms with Crippen LogP contribution in [0.5, 0.6) is 5.75 Å². The van der Waals surface area contributed by atoms with Gasteiger partial charge in [-0.15, -0.1) is 0 Å². The summed E-state index contributed by atoms with van der Waals surface area (Å²) in [5.41, 5.74) is 1.64. The minimum absolute atomic E-state index is 0.392. The number of hydrogen-bond donors (Lipinski definition) is 1. The van der Waals surface area contributed by atoms with Gasteiger partial charge in [0.15, 0.2) is 0 Å². The molecule has 1 aromatic carbocycles. The van der Waals surface area contributed by atoms with Gasteiger partial charge in [-0.05, 0) is 25.5 Å². The lowest BCUT2D eigenvalue weighted by Gasteiger charge is -2.40. The Balaban J connectivity index is 2.35. The molecule has 2 unspecified atom stereocenters. The van der Waals surface area contributed by atoms with E-state index in [1.807, 2.05) is 25.1 Å². The number of benzene rings is 1. The molecule has 1 heterocycles. The number of ether oxygens (including phenoxy) is 2. The molecular formula is C14H20O3. The highest BCUT2D eigenvalue weighted by molar-refractivity contribution is 5.40. The monoisotopic (exact) mass is 236 g/mol. The van der Waals surface area contributed by atoms with E-state index >= 15 is 0 Å². The summed E-state index contributed by atoms with van der Waals surface area (Å²) in [6, 6.07) is 5.93. The second kappa shape index (κ2) is 4.67. The van der Waals surface area contributed by atoms with Gasteiger partial charge in [0, 0.05) is 19.1 Å². The molecule has 0 bridgehead atoms. The van der Waals surface area contributed by atoms with Crippen LogP contribution in [0.15, 0.2) is 18.2 Å². The average molecular weight is 236 g/mol. The van der Waals surface area contributed by atoms with Crippen molar-refractivity contribution in [2.24, 2.45) is 0 Å². The number of aliphatic hydroxyl groups is 1. The summed E-state index contributed by atoms with van der Waals surface area (Å²) in [7, 11) is 1.66. The van der Waals surface area contributed by atoms with E-state index in [1.54, 1.807) is 7.11 Å². The number of hydrogen-bond acceptors (Lipinski definition) is 3. The molecule has 0 amide bonds. The SMILES string of the molecule is CCC1(COC)CC(O)c2cc(C)ccc2O1. The molecule has 3 heteroatoms. The fourth-order valence-corrected chi connectivity index (χ4v) is 2.43. The third-order valence-electron chi connectivity index (χ3n) is 3.47. The second-order valence-electron chi connectivity index (χ2n) is 4.83. The lowest BCUT2D eigenvalue weighted by atomic mass is 9.87. The van der Waals surface area contributed by atoms with Gasteiger partial charge < -0.3 is 14.6 Å². The maximum Gasteiger partial charge on any atom is 0.135 e. The van der Waals surface area contributed by atoms with Gasteiger partial charge in [0.2, 0.25) is 0 Å². The molecule has 0 aliphatic carbocycles. The first-order chi connectivity index (χ1) is 8.10. The Bertz CT molecular complexity index is 402. The third kappa shape index (κ3) is 2.31. The first-order valence-electron chi connectivity index (χ1n) is 6.07. The van der Waals surface area contributed by atoms with E-state index in [9.17, 15) is 5.11 Å². The maximum absolute atomic E-state index is 10.2. The first kappa shape index (κ1) is 12.4. The highest BCUT2D eigenvalue weighted by Crippen LogP contribution is 2.41. The first-order valence-corrected chi connectivity index (χ1v) is 6.07. The molecule has 0 radical (unpaired) electrons. The molecule has 0 spiro atoms. The molecule has 0 fully saturated rings. The van der Waals surface area contributed by atoms with E-state index < -0.39 is 11.7 Å². The van der Waals surface area contributed by atoms with Crippen molar-refractivity contribution in [2.45, 2.75) is 38.4 Å². The van der Waals surface area contributed by atoms with Crippen LogP contribution in [0.25, 0.3) is 0 Å². The summed E-state index contributed by atoms with van der Waals surface area (Å²) in [6.07, 6.45) is 0.952. The van der Waals surface area contributed by atoms with Crippen LogP contribution in [-0.4, -0.2) is 24.4 Å². The number of methoxy groups -OCH3 is 1. The molecule has 0 saturated carbocycles. The highest BCUT2D eigenvalue weighted by Gasteiger charge is 2.39. The minimum Gasteiger partial charge on any atom is -0.484 e. The third-order valence-corrected chi connectivity index (χ3v) is 3.47. The van der Waals surface area contributed by atoms with Crippen molar-refractivity contribution in [1.82, 2.24) is 0 Å². The Morgan fingerprint density at radius 1 is 1.53 bits per heavy atom. The number of aryl methyl sites for hydroxylation is 1. The topological polar surface area (TPSA) is 38.7 Å². The molecule has 2 atom stereocenters. The smallest absolute Gasteiger partial charge is 0.135 e. The normalized spacial score (nSPS) is 27.4. The summed E-state index contributed by atoms with van der Waals surface area (Å²) in [5.74, 6) is 0.785. The van der Waals surface area contributed by atoms with Crippen molar-refractivity contribution >= 4 is 0 Å². The summed E-state index contributed by atoms with van der Waals surface area (Å²) >= 11 is 0. The van der Waals surface area contributed by atoms with Gasteiger partial charge in [0.1, 0.15) is 11.4 Å². The van der Waals surface area contributed by atoms with Crippen molar-refractivity contribution in [3.63, 3.8) is 0 Å². The largest absolute Gasteiger partial charge is 0.484 e. The van der Waals surface area contributed by atoms with Crippen LogP contribution in [-0.2, 0) is 4.74 Å². The quantitative estimate of drug-likeness (QED) is 0.876. The zero-order valence-electron chi connectivity index (χ0n) is 10.7. The molecular weight excluding hydrogens is 216 g/mol. The van der Waals surface area contributed by atoms with Crippen LogP contribution >= 0.6 is 0 Å². The van der Waals surface area contributed by atoms with Crippen LogP contribution in [0.2, 0.25) is 0 Å². The van der Waals surface area contributed by atoms with Gasteiger partial charge in [0.05, 0.1) is 12.7 Å². The lowest BCUT2D eigenvalue weighted by Crippen LogP contribution is -2.44. The van der Waals surface area contributed by atoms with Gasteiger partial charge in [-0.1, -0.05) is 18.6 Å². The van der Waals surface area contributed by atoms with E-state index in [2.05, 4.69) is 6.92 Å². The predicted octanol–water partition coefficient (Wildman–Crippen LogP) is 2.61. The van der Waals surface area contributed by atoms with Crippen LogP contribution in [0.4, 0.5) is 0 Å². The summed E-state index contributed by atoms with van der Waals surface area (Å²) in [6.45, 7) is 4.59. The van der Waals surface area contributed by atoms with E-state index in [-0.39, 0.29) is 0 Å². The molecule has 17 heavy (non-hydrogen) atoms. The number of fused-ring (bicyclic) bond motifs is 1. The van der Waals surface area contributed by atoms with Crippen molar-refractivity contribution in [2.75, 3.05) is 13.7 Å². The molecule has 94 valence electrons. The van der Waals surface area contributed by atoms with Gasteiger partial charge in [-0.25, -0.2) is 0 Å². The van der Waals surface area contributed by atoms with Crippen LogP contribution in [0, 0.1) is 6.92 Å². The Hall–Kier alpha value is -1.06. The maximum atomic E-state index is 10.2. The van der Waals surface area contributed by atoms with Gasteiger partial charge in [0.25, 0.3) is 0 Å². The Labute approximate surface area is 102 Å². The van der Waals surface area contributed by atoms with E-state index in [4.69, 9.17) is 9.47 Å². The predicted molar refractivity (Wildman–Crippen MR) is 66.3 cm³/mol. The highest BCUT2D eigenvalue weighted by atomic mass is 16.5. The number of rotatable bonds is 3. The molecule has 3 nitrogen and oxygen atoms in total. The van der Waals surface area contributed by atoms with Gasteiger partial charge in [-0.3, -0.25) is 0 Å². The lowest BCUT2D eigenvalue weighted by molar-refractivity contribution is -0.0626. The second-order valence-corrected chi connectivity index (χ2v) is 4.83. The summed E-state index contributed by atoms with van der Waals surface area (Å²) in [4.78, 5) is 0. The van der Waals surface area contributed by atoms with Crippen LogP contribution in [0.1, 0.15) is 37.0 Å². The van der Waals surface area contributed by atoms with Crippen molar-refractivity contribution in [1.29, 1.82) is 0 Å². The fraction of sp³-hybridized carbons (Fsp3) is 0.571. The molecule has 2 rings (SSSR count). The fourth-order valence-electron chi connectivity index (χ4n) is 2.43. The number of aliphatic hydroxyl groups excluding tert-OH is 1. The van der Waals surface area contributed by atoms with Gasteiger partial charge in [-0.2, -0.15) is 0 Å². The van der Waals surface area contributed by atoms with E-state index in [1.165, 1.54) is 0 Å². The standard InChI is InChI=1S/C14H20O3/c1-4-14(9-16-3)8-12(15)11-7-10(2)5-6-13(11)17-14/h5-7,12,15H,4,8-9H2,1-3H3. The molecule has 0 saturated heterocycles. The van der Waals surface area contributed by atoms with Crippen molar-refractivity contribution in [3.8, 4) is 5.75 Å². The minimum atomic E-state index is -0.464. The Kier molecular flexibility index (Phi) is 3.40. The summed E-state index contributed by atoms with van der Waals surface area (Å²) < 4.78 is 11.3. The molecule has 1 aromatic rings. The zero-order chi connectivity index (χ0) is 12.5. The molecule has 1 aliphatic rings.